The summed E-state index contributed by atoms with van der Waals surface area (Å²) in [5, 5.41) is 3.11. The number of nitrogens with zero attached hydrogens (tertiary/aromatic N) is 1. The Kier molecular flexibility index (Phi) is 1.99. The molecule has 4 nitrogen and oxygen atoms in total. The number of halogens is 1. The van der Waals surface area contributed by atoms with E-state index in [9.17, 15) is 4.48 Å². The van der Waals surface area contributed by atoms with Crippen LogP contribution in [0.4, 0.5) is 4.48 Å². The molecule has 0 fully saturated rings. The van der Waals surface area contributed by atoms with E-state index in [0.29, 0.717) is 5.34 Å². The van der Waals surface area contributed by atoms with E-state index >= 15 is 0 Å². The molecule has 1 unspecified atom stereocenters. The van der Waals surface area contributed by atoms with E-state index in [0.717, 1.165) is 0 Å². The smallest absolute Gasteiger partial charge is 0.0954 e. The number of rotatable bonds is 1. The lowest BCUT2D eigenvalue weighted by atomic mass is 10.5. The van der Waals surface area contributed by atoms with Gasteiger partial charge in [-0.15, -0.1) is 0 Å². The monoisotopic (exact) mass is 132 g/mol. The summed E-state index contributed by atoms with van der Waals surface area (Å²) in [7, 11) is 1.74. The molecule has 0 amide bonds. The molecule has 52 valence electrons. The van der Waals surface area contributed by atoms with Crippen LogP contribution in [0.25, 0.3) is 0 Å². The van der Waals surface area contributed by atoms with Crippen LogP contribution in [-0.2, 0) is 0 Å². The number of hydrogen-bond acceptors (Lipinski definition) is 4. The van der Waals surface area contributed by atoms with Crippen LogP contribution in [0.15, 0.2) is 12.3 Å². The summed E-state index contributed by atoms with van der Waals surface area (Å²) in [6.45, 7) is 0. The molecule has 1 aliphatic rings. The van der Waals surface area contributed by atoms with Gasteiger partial charge in [-0.05, 0) is 13.1 Å². The Morgan fingerprint density at radius 2 is 2.56 bits per heavy atom. The third-order valence-electron chi connectivity index (χ3n) is 1.04. The van der Waals surface area contributed by atoms with Crippen LogP contribution in [0.2, 0.25) is 0 Å². The number of likely N-dealkylation sites (N-methyl/N-ethyl adjacent to an activating group) is 1. The maximum absolute atomic E-state index is 12.1. The molecule has 5 heteroatoms. The van der Waals surface area contributed by atoms with Gasteiger partial charge in [0.2, 0.25) is 0 Å². The SMILES string of the molecule is CNC1C=CNN(F)N1. The Morgan fingerprint density at radius 3 is 3.00 bits per heavy atom. The average molecular weight is 132 g/mol. The zero-order chi connectivity index (χ0) is 6.69. The minimum absolute atomic E-state index is 0.128. The first-order valence-electron chi connectivity index (χ1n) is 2.65. The van der Waals surface area contributed by atoms with Gasteiger partial charge in [-0.3, -0.25) is 5.43 Å². The standard InChI is InChI=1S/C4H9FN4/c1-6-4-2-3-7-9(5)8-4/h2-4,6-8H,1H3. The fourth-order valence-corrected chi connectivity index (χ4v) is 0.568. The Hall–Kier alpha value is -0.650. The molecule has 0 aromatic rings. The largest absolute Gasteiger partial charge is 0.301 e. The molecule has 0 radical (unpaired) electrons. The Balaban J connectivity index is 2.39. The molecule has 0 aliphatic carbocycles. The summed E-state index contributed by atoms with van der Waals surface area (Å²) in [6, 6.07) is 0. The van der Waals surface area contributed by atoms with Gasteiger partial charge < -0.3 is 5.32 Å². The first-order chi connectivity index (χ1) is 4.33. The minimum atomic E-state index is -0.128. The van der Waals surface area contributed by atoms with E-state index < -0.39 is 0 Å². The highest BCUT2D eigenvalue weighted by atomic mass is 19.2. The molecule has 0 aromatic heterocycles. The molecule has 3 N–H and O–H groups in total. The normalized spacial score (nSPS) is 28.0. The molecule has 1 rings (SSSR count). The van der Waals surface area contributed by atoms with Crippen molar-refractivity contribution in [2.75, 3.05) is 7.05 Å². The van der Waals surface area contributed by atoms with Crippen molar-refractivity contribution in [1.82, 2.24) is 21.5 Å². The fraction of sp³-hybridized carbons (Fsp3) is 0.500. The molecule has 9 heavy (non-hydrogen) atoms. The molecule has 0 aromatic carbocycles. The Labute approximate surface area is 52.6 Å². The Morgan fingerprint density at radius 1 is 1.78 bits per heavy atom. The zero-order valence-corrected chi connectivity index (χ0v) is 5.06. The summed E-state index contributed by atoms with van der Waals surface area (Å²) in [5.41, 5.74) is 4.70. The molecule has 1 aliphatic heterocycles. The highest BCUT2D eigenvalue weighted by Gasteiger charge is 2.09. The highest BCUT2D eigenvalue weighted by Crippen LogP contribution is 1.88. The van der Waals surface area contributed by atoms with E-state index in [2.05, 4.69) is 16.2 Å². The molecule has 0 bridgehead atoms. The highest BCUT2D eigenvalue weighted by molar-refractivity contribution is 4.90. The molecular formula is C4H9FN4. The first-order valence-corrected chi connectivity index (χ1v) is 2.65. The second kappa shape index (κ2) is 2.77. The summed E-state index contributed by atoms with van der Waals surface area (Å²) in [6.07, 6.45) is 3.14. The molecule has 1 heterocycles. The van der Waals surface area contributed by atoms with Gasteiger partial charge in [0.1, 0.15) is 0 Å². The number of hydrazine groups is 2. The number of hydrogen-bond donors (Lipinski definition) is 3. The van der Waals surface area contributed by atoms with E-state index in [-0.39, 0.29) is 6.17 Å². The second-order valence-corrected chi connectivity index (χ2v) is 1.66. The van der Waals surface area contributed by atoms with Crippen molar-refractivity contribution >= 4 is 0 Å². The van der Waals surface area contributed by atoms with Crippen molar-refractivity contribution in [2.45, 2.75) is 6.17 Å². The van der Waals surface area contributed by atoms with Gasteiger partial charge >= 0.3 is 0 Å². The topological polar surface area (TPSA) is 39.3 Å². The van der Waals surface area contributed by atoms with Crippen LogP contribution >= 0.6 is 0 Å². The third kappa shape index (κ3) is 1.63. The van der Waals surface area contributed by atoms with Crippen molar-refractivity contribution in [3.05, 3.63) is 12.3 Å². The van der Waals surface area contributed by atoms with Crippen molar-refractivity contribution in [3.63, 3.8) is 0 Å². The van der Waals surface area contributed by atoms with Crippen molar-refractivity contribution < 1.29 is 4.48 Å². The molecule has 0 saturated carbocycles. The van der Waals surface area contributed by atoms with Gasteiger partial charge in [0.25, 0.3) is 0 Å². The third-order valence-corrected chi connectivity index (χ3v) is 1.04. The van der Waals surface area contributed by atoms with Crippen LogP contribution < -0.4 is 16.2 Å². The quantitative estimate of drug-likeness (QED) is 0.411. The van der Waals surface area contributed by atoms with E-state index in [1.165, 1.54) is 6.20 Å². The van der Waals surface area contributed by atoms with Crippen molar-refractivity contribution in [2.24, 2.45) is 0 Å². The van der Waals surface area contributed by atoms with E-state index in [1.807, 2.05) is 0 Å². The van der Waals surface area contributed by atoms with Crippen LogP contribution in [0, 0.1) is 0 Å². The Bertz CT molecular complexity index is 115. The summed E-state index contributed by atoms with van der Waals surface area (Å²) in [4.78, 5) is 0. The van der Waals surface area contributed by atoms with Crippen molar-refractivity contribution in [1.29, 1.82) is 0 Å². The van der Waals surface area contributed by atoms with Crippen LogP contribution in [0.3, 0.4) is 0 Å². The molecule has 0 spiro atoms. The summed E-state index contributed by atoms with van der Waals surface area (Å²) >= 11 is 0. The van der Waals surface area contributed by atoms with E-state index in [1.54, 1.807) is 13.1 Å². The molecule has 1 atom stereocenters. The lowest BCUT2D eigenvalue weighted by molar-refractivity contribution is -0.0871. The van der Waals surface area contributed by atoms with Crippen LogP contribution in [-0.4, -0.2) is 18.6 Å². The van der Waals surface area contributed by atoms with Gasteiger partial charge in [0, 0.05) is 11.5 Å². The maximum atomic E-state index is 12.1. The second-order valence-electron chi connectivity index (χ2n) is 1.66. The fourth-order valence-electron chi connectivity index (χ4n) is 0.568. The van der Waals surface area contributed by atoms with Gasteiger partial charge in [-0.1, -0.05) is 4.48 Å². The predicted molar refractivity (Wildman–Crippen MR) is 31.2 cm³/mol. The van der Waals surface area contributed by atoms with Crippen molar-refractivity contribution in [3.8, 4) is 0 Å². The zero-order valence-electron chi connectivity index (χ0n) is 5.06. The number of nitrogens with one attached hydrogen (secondary N) is 3. The van der Waals surface area contributed by atoms with Gasteiger partial charge in [0.05, 0.1) is 6.17 Å². The summed E-state index contributed by atoms with van der Waals surface area (Å²) in [5.74, 6) is 0. The first kappa shape index (κ1) is 6.47. The van der Waals surface area contributed by atoms with Gasteiger partial charge in [-0.25, -0.2) is 0 Å². The average Bonchev–Trinajstić information content (AvgIpc) is 1.88. The van der Waals surface area contributed by atoms with Crippen LogP contribution in [0.1, 0.15) is 0 Å². The molecule has 0 saturated heterocycles. The van der Waals surface area contributed by atoms with E-state index in [4.69, 9.17) is 0 Å². The molecular weight excluding hydrogens is 123 g/mol. The maximum Gasteiger partial charge on any atom is 0.0954 e. The predicted octanol–water partition coefficient (Wildman–Crippen LogP) is -0.745. The van der Waals surface area contributed by atoms with Gasteiger partial charge in [-0.2, -0.15) is 5.43 Å². The lowest BCUT2D eigenvalue weighted by Gasteiger charge is -2.22. The minimum Gasteiger partial charge on any atom is -0.301 e. The lowest BCUT2D eigenvalue weighted by Crippen LogP contribution is -2.52. The van der Waals surface area contributed by atoms with Gasteiger partial charge in [0.15, 0.2) is 0 Å². The van der Waals surface area contributed by atoms with Crippen LogP contribution in [0.5, 0.6) is 0 Å². The summed E-state index contributed by atoms with van der Waals surface area (Å²) < 4.78 is 12.1.